The zero-order valence-corrected chi connectivity index (χ0v) is 31.2. The summed E-state index contributed by atoms with van der Waals surface area (Å²) in [6.45, 7) is 8.25. The van der Waals surface area contributed by atoms with Crippen LogP contribution in [0.2, 0.25) is 0 Å². The average molecular weight is 699 g/mol. The minimum absolute atomic E-state index is 0.611. The number of oxazole rings is 1. The van der Waals surface area contributed by atoms with Gasteiger partial charge in [0.15, 0.2) is 5.58 Å². The second-order valence-electron chi connectivity index (χ2n) is 13.7. The summed E-state index contributed by atoms with van der Waals surface area (Å²) in [7, 11) is 0. The van der Waals surface area contributed by atoms with Crippen LogP contribution in [0.15, 0.2) is 185 Å². The minimum Gasteiger partial charge on any atom is -0.436 e. The van der Waals surface area contributed by atoms with Crippen LogP contribution >= 0.6 is 0 Å². The molecule has 0 saturated heterocycles. The quantitative estimate of drug-likeness (QED) is 0.111. The molecule has 0 fully saturated rings. The van der Waals surface area contributed by atoms with Crippen LogP contribution in [0.1, 0.15) is 40.0 Å². The maximum atomic E-state index is 6.57. The van der Waals surface area contributed by atoms with Gasteiger partial charge in [0.2, 0.25) is 5.89 Å². The van der Waals surface area contributed by atoms with Gasteiger partial charge in [0.1, 0.15) is 5.52 Å². The molecule has 8 rings (SSSR count). The second kappa shape index (κ2) is 15.2. The summed E-state index contributed by atoms with van der Waals surface area (Å²) >= 11 is 0. The van der Waals surface area contributed by atoms with Gasteiger partial charge in [-0.2, -0.15) is 0 Å². The second-order valence-corrected chi connectivity index (χ2v) is 13.7. The molecule has 0 N–H and O–H groups in total. The van der Waals surface area contributed by atoms with Crippen molar-refractivity contribution in [3.8, 4) is 44.5 Å². The van der Waals surface area contributed by atoms with E-state index in [9.17, 15) is 0 Å². The highest BCUT2D eigenvalue weighted by molar-refractivity contribution is 6.00. The highest BCUT2D eigenvalue weighted by Crippen LogP contribution is 2.38. The number of rotatable bonds is 9. The molecular formula is C51H42N2O. The first-order valence-electron chi connectivity index (χ1n) is 18.6. The monoisotopic (exact) mass is 698 g/mol. The predicted octanol–water partition coefficient (Wildman–Crippen LogP) is 14.5. The van der Waals surface area contributed by atoms with E-state index in [1.165, 1.54) is 54.9 Å². The molecule has 1 heterocycles. The summed E-state index contributed by atoms with van der Waals surface area (Å²) in [4.78, 5) is 9.46. The first-order chi connectivity index (χ1) is 26.5. The molecule has 1 aromatic heterocycles. The Balaban J connectivity index is 1.21. The van der Waals surface area contributed by atoms with Crippen molar-refractivity contribution in [3.63, 3.8) is 0 Å². The summed E-state index contributed by atoms with van der Waals surface area (Å²) in [5, 5.41) is 4.98. The van der Waals surface area contributed by atoms with Crippen LogP contribution in [0, 0.1) is 0 Å². The lowest BCUT2D eigenvalue weighted by molar-refractivity contribution is 0.584. The number of fused-ring (bicyclic) bond motifs is 3. The lowest BCUT2D eigenvalue weighted by Gasteiger charge is -2.11. The molecular weight excluding hydrogens is 657 g/mol. The molecule has 0 saturated carbocycles. The van der Waals surface area contributed by atoms with E-state index in [4.69, 9.17) is 9.40 Å². The largest absolute Gasteiger partial charge is 0.436 e. The van der Waals surface area contributed by atoms with Gasteiger partial charge in [-0.1, -0.05) is 153 Å². The zero-order chi connectivity index (χ0) is 37.0. The Morgan fingerprint density at radius 2 is 1.13 bits per heavy atom. The van der Waals surface area contributed by atoms with E-state index < -0.39 is 0 Å². The van der Waals surface area contributed by atoms with Crippen molar-refractivity contribution in [2.45, 2.75) is 34.1 Å². The lowest BCUT2D eigenvalue weighted by atomic mass is 9.93. The zero-order valence-electron chi connectivity index (χ0n) is 31.2. The van der Waals surface area contributed by atoms with Crippen LogP contribution in [-0.4, -0.2) is 11.2 Å². The van der Waals surface area contributed by atoms with Gasteiger partial charge in [-0.25, -0.2) is 4.98 Å². The van der Waals surface area contributed by atoms with Gasteiger partial charge in [0.05, 0.1) is 0 Å². The van der Waals surface area contributed by atoms with Gasteiger partial charge in [-0.05, 0) is 111 Å². The predicted molar refractivity (Wildman–Crippen MR) is 231 cm³/mol. The molecule has 0 amide bonds. The number of benzene rings is 7. The third-order valence-corrected chi connectivity index (χ3v) is 10.3. The molecule has 0 aliphatic carbocycles. The molecule has 0 radical (unpaired) electrons. The van der Waals surface area contributed by atoms with Gasteiger partial charge in [-0.15, -0.1) is 0 Å². The Bertz CT molecular complexity index is 2750. The average Bonchev–Trinajstić information content (AvgIpc) is 3.67. The van der Waals surface area contributed by atoms with Crippen molar-refractivity contribution in [1.82, 2.24) is 4.98 Å². The highest BCUT2D eigenvalue weighted by Gasteiger charge is 2.16. The Kier molecular flexibility index (Phi) is 9.70. The fourth-order valence-electron chi connectivity index (χ4n) is 7.28. The lowest BCUT2D eigenvalue weighted by Crippen LogP contribution is -1.87. The van der Waals surface area contributed by atoms with Crippen LogP contribution < -0.4 is 0 Å². The van der Waals surface area contributed by atoms with E-state index in [0.717, 1.165) is 45.3 Å². The molecule has 0 aliphatic rings. The number of allylic oxidation sites excluding steroid dienone is 5. The third kappa shape index (κ3) is 6.85. The number of aliphatic imine (C=N–C) groups is 1. The SMILES string of the molecule is C\C=N/C=C(CC)/C(C)=C/C=C(\C)c1nc2c(-c3ccc(-c4cccc5ccccc45)cc3)cc(-c3ccc(-c4cccc5ccccc45)cc3)cc2o1. The van der Waals surface area contributed by atoms with Gasteiger partial charge < -0.3 is 4.42 Å². The van der Waals surface area contributed by atoms with E-state index in [1.807, 2.05) is 19.3 Å². The molecule has 0 aliphatic heterocycles. The van der Waals surface area contributed by atoms with Crippen LogP contribution in [0.3, 0.4) is 0 Å². The van der Waals surface area contributed by atoms with Crippen LogP contribution in [0.4, 0.5) is 0 Å². The standard InChI is InChI=1S/C51H42N2O/c1-5-36(33-52-6-2)34(3)21-22-35(4)51-53-50-48(42-29-27-41(28-30-42)47-20-12-16-39-14-8-10-18-45(39)47)31-43(32-49(50)54-51)37-23-25-40(26-24-37)46-19-11-15-38-13-7-9-17-44(38)46/h6-33H,5H2,1-4H3/b34-21+,35-22+,36-33+,52-6-. The van der Waals surface area contributed by atoms with Gasteiger partial charge in [0.25, 0.3) is 0 Å². The fourth-order valence-corrected chi connectivity index (χ4v) is 7.28. The summed E-state index contributed by atoms with van der Waals surface area (Å²) in [5.41, 5.74) is 14.1. The van der Waals surface area contributed by atoms with Crippen molar-refractivity contribution < 1.29 is 4.42 Å². The van der Waals surface area contributed by atoms with E-state index in [0.29, 0.717) is 5.89 Å². The normalized spacial score (nSPS) is 12.8. The van der Waals surface area contributed by atoms with Crippen LogP contribution in [0.5, 0.6) is 0 Å². The molecule has 3 nitrogen and oxygen atoms in total. The maximum absolute atomic E-state index is 6.57. The molecule has 8 aromatic rings. The highest BCUT2D eigenvalue weighted by atomic mass is 16.3. The van der Waals surface area contributed by atoms with Crippen molar-refractivity contribution in [3.05, 3.63) is 181 Å². The van der Waals surface area contributed by atoms with Gasteiger partial charge in [0, 0.05) is 23.6 Å². The van der Waals surface area contributed by atoms with E-state index in [-0.39, 0.29) is 0 Å². The van der Waals surface area contributed by atoms with Crippen molar-refractivity contribution in [1.29, 1.82) is 0 Å². The summed E-state index contributed by atoms with van der Waals surface area (Å²) in [6, 6.07) is 52.2. The smallest absolute Gasteiger partial charge is 0.222 e. The van der Waals surface area contributed by atoms with E-state index in [1.54, 1.807) is 0 Å². The molecule has 262 valence electrons. The summed E-state index contributed by atoms with van der Waals surface area (Å²) in [5.74, 6) is 0.611. The first kappa shape index (κ1) is 34.5. The molecule has 7 aromatic carbocycles. The molecule has 0 bridgehead atoms. The summed E-state index contributed by atoms with van der Waals surface area (Å²) < 4.78 is 6.57. The van der Waals surface area contributed by atoms with Crippen LogP contribution in [-0.2, 0) is 0 Å². The summed E-state index contributed by atoms with van der Waals surface area (Å²) in [6.07, 6.45) is 8.86. The number of hydrogen-bond acceptors (Lipinski definition) is 3. The van der Waals surface area contributed by atoms with Crippen molar-refractivity contribution >= 4 is 44.4 Å². The van der Waals surface area contributed by atoms with Crippen molar-refractivity contribution in [2.75, 3.05) is 0 Å². The molecule has 0 atom stereocenters. The molecule has 54 heavy (non-hydrogen) atoms. The van der Waals surface area contributed by atoms with E-state index >= 15 is 0 Å². The molecule has 0 unspecified atom stereocenters. The first-order valence-corrected chi connectivity index (χ1v) is 18.6. The fraction of sp³-hybridized carbons (Fsp3) is 0.0980. The number of hydrogen-bond donors (Lipinski definition) is 0. The number of nitrogens with zero attached hydrogens (tertiary/aromatic N) is 2. The Labute approximate surface area is 317 Å². The molecule has 3 heteroatoms. The van der Waals surface area contributed by atoms with E-state index in [2.05, 4.69) is 184 Å². The Hall–Kier alpha value is -6.58. The maximum Gasteiger partial charge on any atom is 0.222 e. The number of aromatic nitrogens is 1. The minimum atomic E-state index is 0.611. The topological polar surface area (TPSA) is 38.4 Å². The molecule has 0 spiro atoms. The Morgan fingerprint density at radius 3 is 1.70 bits per heavy atom. The van der Waals surface area contributed by atoms with Gasteiger partial charge in [-0.3, -0.25) is 4.99 Å². The Morgan fingerprint density at radius 1 is 0.593 bits per heavy atom. The third-order valence-electron chi connectivity index (χ3n) is 10.3. The van der Waals surface area contributed by atoms with Crippen molar-refractivity contribution in [2.24, 2.45) is 4.99 Å². The van der Waals surface area contributed by atoms with Crippen LogP contribution in [0.25, 0.3) is 82.7 Å². The van der Waals surface area contributed by atoms with Gasteiger partial charge >= 0.3 is 0 Å².